The van der Waals surface area contributed by atoms with Crippen molar-refractivity contribution in [3.05, 3.63) is 32.7 Å². The average Bonchev–Trinajstić information content (AvgIpc) is 1.85. The van der Waals surface area contributed by atoms with Gasteiger partial charge in [-0.1, -0.05) is 31.9 Å². The summed E-state index contributed by atoms with van der Waals surface area (Å²) in [5.41, 5.74) is 6.84. The predicted molar refractivity (Wildman–Crippen MR) is 54.4 cm³/mol. The van der Waals surface area contributed by atoms with Crippen LogP contribution in [0.25, 0.3) is 0 Å². The minimum Gasteiger partial charge on any atom is -0.324 e. The second-order valence-electron chi connectivity index (χ2n) is 2.49. The standard InChI is InChI=1S/C8H9Br2N/c1-5(11)6-2-7(9)4-8(10)3-6/h2-5H,11H2,1H3/t5-/m0/s1. The Morgan fingerprint density at radius 3 is 2.00 bits per heavy atom. The van der Waals surface area contributed by atoms with E-state index in [1.807, 2.05) is 25.1 Å². The van der Waals surface area contributed by atoms with Gasteiger partial charge in [0.1, 0.15) is 0 Å². The fourth-order valence-corrected chi connectivity index (χ4v) is 2.17. The average molecular weight is 279 g/mol. The number of nitrogens with two attached hydrogens (primary N) is 1. The van der Waals surface area contributed by atoms with Crippen molar-refractivity contribution in [1.29, 1.82) is 0 Å². The van der Waals surface area contributed by atoms with Crippen LogP contribution in [-0.2, 0) is 0 Å². The largest absolute Gasteiger partial charge is 0.324 e. The Kier molecular flexibility index (Phi) is 3.10. The molecule has 0 saturated heterocycles. The third kappa shape index (κ3) is 2.58. The van der Waals surface area contributed by atoms with Crippen molar-refractivity contribution >= 4 is 31.9 Å². The van der Waals surface area contributed by atoms with E-state index >= 15 is 0 Å². The first-order chi connectivity index (χ1) is 5.09. The van der Waals surface area contributed by atoms with E-state index in [9.17, 15) is 0 Å². The molecule has 0 bridgehead atoms. The molecule has 0 aliphatic heterocycles. The lowest BCUT2D eigenvalue weighted by molar-refractivity contribution is 0.816. The topological polar surface area (TPSA) is 26.0 Å². The number of halogens is 2. The molecular formula is C8H9Br2N. The first-order valence-corrected chi connectivity index (χ1v) is 4.90. The predicted octanol–water partition coefficient (Wildman–Crippen LogP) is 3.23. The Hall–Kier alpha value is 0.140. The Morgan fingerprint density at radius 1 is 1.18 bits per heavy atom. The molecule has 1 atom stereocenters. The fourth-order valence-electron chi connectivity index (χ4n) is 0.838. The molecule has 1 aromatic rings. The summed E-state index contributed by atoms with van der Waals surface area (Å²) >= 11 is 6.79. The summed E-state index contributed by atoms with van der Waals surface area (Å²) in [5.74, 6) is 0. The highest BCUT2D eigenvalue weighted by atomic mass is 79.9. The monoisotopic (exact) mass is 277 g/mol. The van der Waals surface area contributed by atoms with Crippen molar-refractivity contribution < 1.29 is 0 Å². The molecule has 60 valence electrons. The summed E-state index contributed by atoms with van der Waals surface area (Å²) in [6.45, 7) is 1.97. The van der Waals surface area contributed by atoms with Crippen LogP contribution in [0.4, 0.5) is 0 Å². The van der Waals surface area contributed by atoms with Crippen LogP contribution in [0.15, 0.2) is 27.1 Å². The van der Waals surface area contributed by atoms with Crippen molar-refractivity contribution in [3.8, 4) is 0 Å². The Bertz CT molecular complexity index is 238. The maximum Gasteiger partial charge on any atom is 0.0266 e. The normalized spacial score (nSPS) is 13.1. The van der Waals surface area contributed by atoms with Crippen LogP contribution >= 0.6 is 31.9 Å². The number of benzene rings is 1. The molecule has 0 aliphatic rings. The van der Waals surface area contributed by atoms with Crippen molar-refractivity contribution in [1.82, 2.24) is 0 Å². The van der Waals surface area contributed by atoms with Crippen LogP contribution in [0.5, 0.6) is 0 Å². The quantitative estimate of drug-likeness (QED) is 0.839. The van der Waals surface area contributed by atoms with Crippen LogP contribution in [0.1, 0.15) is 18.5 Å². The Balaban J connectivity index is 3.08. The lowest BCUT2D eigenvalue weighted by Gasteiger charge is -2.06. The number of hydrogen-bond acceptors (Lipinski definition) is 1. The van der Waals surface area contributed by atoms with Crippen molar-refractivity contribution in [2.45, 2.75) is 13.0 Å². The lowest BCUT2D eigenvalue weighted by Crippen LogP contribution is -2.04. The van der Waals surface area contributed by atoms with E-state index in [2.05, 4.69) is 31.9 Å². The molecule has 0 saturated carbocycles. The smallest absolute Gasteiger partial charge is 0.0266 e. The van der Waals surface area contributed by atoms with Gasteiger partial charge in [-0.2, -0.15) is 0 Å². The SMILES string of the molecule is C[C@H](N)c1cc(Br)cc(Br)c1. The summed E-state index contributed by atoms with van der Waals surface area (Å²) in [6, 6.07) is 6.13. The van der Waals surface area contributed by atoms with Gasteiger partial charge in [-0.3, -0.25) is 0 Å². The van der Waals surface area contributed by atoms with Gasteiger partial charge in [0.05, 0.1) is 0 Å². The third-order valence-corrected chi connectivity index (χ3v) is 2.33. The minimum absolute atomic E-state index is 0.0869. The summed E-state index contributed by atoms with van der Waals surface area (Å²) in [6.07, 6.45) is 0. The summed E-state index contributed by atoms with van der Waals surface area (Å²) in [7, 11) is 0. The molecule has 0 spiro atoms. The number of rotatable bonds is 1. The highest BCUT2D eigenvalue weighted by Gasteiger charge is 2.00. The highest BCUT2D eigenvalue weighted by Crippen LogP contribution is 2.22. The van der Waals surface area contributed by atoms with Gasteiger partial charge >= 0.3 is 0 Å². The first kappa shape index (κ1) is 9.23. The second-order valence-corrected chi connectivity index (χ2v) is 4.32. The Morgan fingerprint density at radius 2 is 1.64 bits per heavy atom. The minimum atomic E-state index is 0.0869. The molecule has 0 fully saturated rings. The molecule has 0 aliphatic carbocycles. The van der Waals surface area contributed by atoms with Crippen LogP contribution in [-0.4, -0.2) is 0 Å². The molecule has 3 heteroatoms. The molecular weight excluding hydrogens is 270 g/mol. The van der Waals surface area contributed by atoms with E-state index in [-0.39, 0.29) is 6.04 Å². The van der Waals surface area contributed by atoms with E-state index in [0.717, 1.165) is 14.5 Å². The Labute approximate surface area is 83.2 Å². The zero-order valence-electron chi connectivity index (χ0n) is 6.14. The van der Waals surface area contributed by atoms with E-state index < -0.39 is 0 Å². The zero-order chi connectivity index (χ0) is 8.43. The van der Waals surface area contributed by atoms with E-state index in [1.165, 1.54) is 0 Å². The van der Waals surface area contributed by atoms with Gasteiger partial charge in [-0.05, 0) is 30.7 Å². The van der Waals surface area contributed by atoms with Gasteiger partial charge in [-0.25, -0.2) is 0 Å². The summed E-state index contributed by atoms with van der Waals surface area (Å²) in [4.78, 5) is 0. The van der Waals surface area contributed by atoms with E-state index in [0.29, 0.717) is 0 Å². The maximum absolute atomic E-state index is 5.71. The van der Waals surface area contributed by atoms with Gasteiger partial charge in [0, 0.05) is 15.0 Å². The van der Waals surface area contributed by atoms with Crippen molar-refractivity contribution in [3.63, 3.8) is 0 Å². The van der Waals surface area contributed by atoms with Gasteiger partial charge in [-0.15, -0.1) is 0 Å². The zero-order valence-corrected chi connectivity index (χ0v) is 9.31. The summed E-state index contributed by atoms with van der Waals surface area (Å²) in [5, 5.41) is 0. The van der Waals surface area contributed by atoms with Gasteiger partial charge in [0.25, 0.3) is 0 Å². The molecule has 1 rings (SSSR count). The fraction of sp³-hybridized carbons (Fsp3) is 0.250. The van der Waals surface area contributed by atoms with Gasteiger partial charge in [0.2, 0.25) is 0 Å². The lowest BCUT2D eigenvalue weighted by atomic mass is 10.1. The summed E-state index contributed by atoms with van der Waals surface area (Å²) < 4.78 is 2.11. The van der Waals surface area contributed by atoms with Crippen LogP contribution in [0.3, 0.4) is 0 Å². The van der Waals surface area contributed by atoms with Crippen LogP contribution in [0.2, 0.25) is 0 Å². The van der Waals surface area contributed by atoms with Crippen LogP contribution < -0.4 is 5.73 Å². The first-order valence-electron chi connectivity index (χ1n) is 3.31. The molecule has 2 N–H and O–H groups in total. The van der Waals surface area contributed by atoms with Crippen LogP contribution in [0, 0.1) is 0 Å². The van der Waals surface area contributed by atoms with E-state index in [4.69, 9.17) is 5.73 Å². The van der Waals surface area contributed by atoms with Gasteiger partial charge < -0.3 is 5.73 Å². The maximum atomic E-state index is 5.71. The molecule has 11 heavy (non-hydrogen) atoms. The molecule has 0 unspecified atom stereocenters. The van der Waals surface area contributed by atoms with Gasteiger partial charge in [0.15, 0.2) is 0 Å². The third-order valence-electron chi connectivity index (χ3n) is 1.41. The molecule has 0 radical (unpaired) electrons. The molecule has 0 aromatic heterocycles. The molecule has 1 nitrogen and oxygen atoms in total. The molecule has 0 heterocycles. The molecule has 1 aromatic carbocycles. The number of hydrogen-bond donors (Lipinski definition) is 1. The molecule has 0 amide bonds. The second kappa shape index (κ2) is 3.70. The van der Waals surface area contributed by atoms with Crippen molar-refractivity contribution in [2.24, 2.45) is 5.73 Å². The highest BCUT2D eigenvalue weighted by molar-refractivity contribution is 9.11. The van der Waals surface area contributed by atoms with E-state index in [1.54, 1.807) is 0 Å². The van der Waals surface area contributed by atoms with Crippen molar-refractivity contribution in [2.75, 3.05) is 0 Å².